The maximum Gasteiger partial charge on any atom is 0.134 e. The molecule has 1 aromatic rings. The van der Waals surface area contributed by atoms with Crippen molar-refractivity contribution in [3.05, 3.63) is 35.9 Å². The zero-order valence-electron chi connectivity index (χ0n) is 9.15. The number of nitrogens with zero attached hydrogens (tertiary/aromatic N) is 1. The summed E-state index contributed by atoms with van der Waals surface area (Å²) in [6.07, 6.45) is 2.54. The lowest BCUT2D eigenvalue weighted by atomic mass is 10.1. The van der Waals surface area contributed by atoms with Crippen LogP contribution in [0, 0.1) is 0 Å². The number of Topliss-reactive ketones (excluding diaryl/α,β-unsaturated/α-hetero) is 1. The molecule has 0 saturated heterocycles. The van der Waals surface area contributed by atoms with Crippen molar-refractivity contribution in [1.29, 1.82) is 0 Å². The van der Waals surface area contributed by atoms with Crippen LogP contribution in [-0.4, -0.2) is 23.8 Å². The van der Waals surface area contributed by atoms with Crippen LogP contribution in [-0.2, 0) is 11.3 Å². The number of carbonyl (C=O) groups excluding carboxylic acids is 1. The first-order valence-corrected chi connectivity index (χ1v) is 5.51. The van der Waals surface area contributed by atoms with Gasteiger partial charge in [0.25, 0.3) is 0 Å². The van der Waals surface area contributed by atoms with Gasteiger partial charge in [-0.2, -0.15) is 0 Å². The Kier molecular flexibility index (Phi) is 3.17. The number of hydrogen-bond donors (Lipinski definition) is 0. The third kappa shape index (κ3) is 2.66. The predicted molar refractivity (Wildman–Crippen MR) is 60.6 cm³/mol. The Balaban J connectivity index is 1.92. The van der Waals surface area contributed by atoms with Crippen LogP contribution in [0.2, 0.25) is 0 Å². The molecule has 1 saturated carbocycles. The van der Waals surface area contributed by atoms with E-state index in [9.17, 15) is 4.79 Å². The lowest BCUT2D eigenvalue weighted by molar-refractivity contribution is -0.117. The van der Waals surface area contributed by atoms with E-state index in [2.05, 4.69) is 36.2 Å². The fraction of sp³-hybridized carbons (Fsp3) is 0.462. The van der Waals surface area contributed by atoms with E-state index in [4.69, 9.17) is 0 Å². The van der Waals surface area contributed by atoms with Crippen LogP contribution in [0.1, 0.15) is 24.8 Å². The highest BCUT2D eigenvalue weighted by Gasteiger charge is 2.25. The van der Waals surface area contributed by atoms with Gasteiger partial charge in [0, 0.05) is 25.4 Å². The van der Waals surface area contributed by atoms with Crippen LogP contribution in [0.5, 0.6) is 0 Å². The molecule has 0 heterocycles. The Morgan fingerprint density at radius 1 is 1.33 bits per heavy atom. The quantitative estimate of drug-likeness (QED) is 0.751. The van der Waals surface area contributed by atoms with Crippen molar-refractivity contribution in [3.8, 4) is 0 Å². The van der Waals surface area contributed by atoms with Crippen molar-refractivity contribution >= 4 is 5.78 Å². The van der Waals surface area contributed by atoms with Gasteiger partial charge in [0.05, 0.1) is 0 Å². The second kappa shape index (κ2) is 4.58. The molecule has 0 N–H and O–H groups in total. The summed E-state index contributed by atoms with van der Waals surface area (Å²) in [4.78, 5) is 13.5. The van der Waals surface area contributed by atoms with Crippen LogP contribution in [0.4, 0.5) is 0 Å². The summed E-state index contributed by atoms with van der Waals surface area (Å²) in [7, 11) is 2.11. The monoisotopic (exact) mass is 203 g/mol. The lowest BCUT2D eigenvalue weighted by Crippen LogP contribution is -2.28. The second-order valence-electron chi connectivity index (χ2n) is 4.34. The van der Waals surface area contributed by atoms with E-state index in [1.165, 1.54) is 5.56 Å². The standard InChI is InChI=1S/C13H17NO/c1-14(12-7-8-13(15)9-12)10-11-5-3-2-4-6-11/h2-6,12H,7-10H2,1H3. The molecule has 1 aliphatic rings. The number of hydrogen-bond acceptors (Lipinski definition) is 2. The summed E-state index contributed by atoms with van der Waals surface area (Å²) in [6.45, 7) is 0.943. The van der Waals surface area contributed by atoms with Gasteiger partial charge < -0.3 is 0 Å². The Hall–Kier alpha value is -1.15. The summed E-state index contributed by atoms with van der Waals surface area (Å²) >= 11 is 0. The SMILES string of the molecule is CN(Cc1ccccc1)C1CCC(=O)C1. The van der Waals surface area contributed by atoms with E-state index in [1.54, 1.807) is 0 Å². The molecule has 80 valence electrons. The molecule has 1 aromatic carbocycles. The van der Waals surface area contributed by atoms with Crippen LogP contribution < -0.4 is 0 Å². The van der Waals surface area contributed by atoms with Crippen LogP contribution in [0.3, 0.4) is 0 Å². The Bertz CT molecular complexity index is 334. The summed E-state index contributed by atoms with van der Waals surface area (Å²) in [5, 5.41) is 0. The van der Waals surface area contributed by atoms with Crippen molar-refractivity contribution in [1.82, 2.24) is 4.90 Å². The van der Waals surface area contributed by atoms with E-state index in [0.717, 1.165) is 25.8 Å². The zero-order chi connectivity index (χ0) is 10.7. The molecular formula is C13H17NO. The summed E-state index contributed by atoms with van der Waals surface area (Å²) in [5.74, 6) is 0.417. The first-order valence-electron chi connectivity index (χ1n) is 5.51. The van der Waals surface area contributed by atoms with E-state index in [1.807, 2.05) is 6.07 Å². The van der Waals surface area contributed by atoms with Gasteiger partial charge in [-0.15, -0.1) is 0 Å². The smallest absolute Gasteiger partial charge is 0.134 e. The number of rotatable bonds is 3. The van der Waals surface area contributed by atoms with Crippen LogP contribution in [0.15, 0.2) is 30.3 Å². The van der Waals surface area contributed by atoms with Gasteiger partial charge in [-0.1, -0.05) is 30.3 Å². The molecule has 2 rings (SSSR count). The first-order chi connectivity index (χ1) is 7.25. The van der Waals surface area contributed by atoms with E-state index in [0.29, 0.717) is 11.8 Å². The van der Waals surface area contributed by atoms with E-state index >= 15 is 0 Å². The topological polar surface area (TPSA) is 20.3 Å². The molecular weight excluding hydrogens is 186 g/mol. The van der Waals surface area contributed by atoms with Gasteiger partial charge in [0.2, 0.25) is 0 Å². The molecule has 1 aliphatic carbocycles. The van der Waals surface area contributed by atoms with Gasteiger partial charge in [0.15, 0.2) is 0 Å². The van der Waals surface area contributed by atoms with E-state index in [-0.39, 0.29) is 0 Å². The Labute approximate surface area is 90.9 Å². The molecule has 1 unspecified atom stereocenters. The first kappa shape index (κ1) is 10.4. The van der Waals surface area contributed by atoms with Gasteiger partial charge in [-0.05, 0) is 19.0 Å². The number of carbonyl (C=O) groups is 1. The van der Waals surface area contributed by atoms with E-state index < -0.39 is 0 Å². The predicted octanol–water partition coefficient (Wildman–Crippen LogP) is 2.24. The van der Waals surface area contributed by atoms with Gasteiger partial charge in [-0.25, -0.2) is 0 Å². The summed E-state index contributed by atoms with van der Waals surface area (Å²) < 4.78 is 0. The zero-order valence-corrected chi connectivity index (χ0v) is 9.15. The molecule has 1 fully saturated rings. The normalized spacial score (nSPS) is 21.2. The molecule has 0 amide bonds. The molecule has 2 nitrogen and oxygen atoms in total. The Morgan fingerprint density at radius 3 is 2.67 bits per heavy atom. The minimum absolute atomic E-state index is 0.417. The van der Waals surface area contributed by atoms with Crippen LogP contribution in [0.25, 0.3) is 0 Å². The average molecular weight is 203 g/mol. The maximum atomic E-state index is 11.2. The third-order valence-corrected chi connectivity index (χ3v) is 3.12. The lowest BCUT2D eigenvalue weighted by Gasteiger charge is -2.23. The van der Waals surface area contributed by atoms with Crippen molar-refractivity contribution in [3.63, 3.8) is 0 Å². The summed E-state index contributed by atoms with van der Waals surface area (Å²) in [5.41, 5.74) is 1.32. The molecule has 1 atom stereocenters. The fourth-order valence-corrected chi connectivity index (χ4v) is 2.17. The highest BCUT2D eigenvalue weighted by Crippen LogP contribution is 2.20. The largest absolute Gasteiger partial charge is 0.300 e. The van der Waals surface area contributed by atoms with Crippen molar-refractivity contribution in [2.45, 2.75) is 31.8 Å². The fourth-order valence-electron chi connectivity index (χ4n) is 2.17. The molecule has 15 heavy (non-hydrogen) atoms. The number of ketones is 1. The van der Waals surface area contributed by atoms with Gasteiger partial charge in [0.1, 0.15) is 5.78 Å². The minimum Gasteiger partial charge on any atom is -0.300 e. The molecule has 0 aliphatic heterocycles. The molecule has 0 radical (unpaired) electrons. The van der Waals surface area contributed by atoms with Crippen LogP contribution >= 0.6 is 0 Å². The summed E-state index contributed by atoms with van der Waals surface area (Å²) in [6, 6.07) is 10.9. The number of benzene rings is 1. The molecule has 2 heteroatoms. The highest BCUT2D eigenvalue weighted by atomic mass is 16.1. The van der Waals surface area contributed by atoms with Gasteiger partial charge in [-0.3, -0.25) is 9.69 Å². The van der Waals surface area contributed by atoms with Crippen molar-refractivity contribution in [2.75, 3.05) is 7.05 Å². The minimum atomic E-state index is 0.417. The van der Waals surface area contributed by atoms with Crippen molar-refractivity contribution < 1.29 is 4.79 Å². The van der Waals surface area contributed by atoms with Crippen molar-refractivity contribution in [2.24, 2.45) is 0 Å². The maximum absolute atomic E-state index is 11.2. The average Bonchev–Trinajstić information content (AvgIpc) is 2.66. The molecule has 0 aromatic heterocycles. The Morgan fingerprint density at radius 2 is 2.07 bits per heavy atom. The third-order valence-electron chi connectivity index (χ3n) is 3.12. The van der Waals surface area contributed by atoms with Gasteiger partial charge >= 0.3 is 0 Å². The molecule has 0 bridgehead atoms. The molecule has 0 spiro atoms. The second-order valence-corrected chi connectivity index (χ2v) is 4.34. The highest BCUT2D eigenvalue weighted by molar-refractivity contribution is 5.81.